The van der Waals surface area contributed by atoms with Crippen LogP contribution in [0.15, 0.2) is 42.5 Å². The third kappa shape index (κ3) is 4.65. The van der Waals surface area contributed by atoms with Gasteiger partial charge in [-0.25, -0.2) is 8.78 Å². The Bertz CT molecular complexity index is 781. The zero-order chi connectivity index (χ0) is 18.5. The number of hydrogen-bond acceptors (Lipinski definition) is 3. The Kier molecular flexibility index (Phi) is 5.96. The lowest BCUT2D eigenvalue weighted by molar-refractivity contribution is -0.123. The molecule has 1 heterocycles. The van der Waals surface area contributed by atoms with Gasteiger partial charge in [-0.2, -0.15) is 0 Å². The van der Waals surface area contributed by atoms with Gasteiger partial charge in [0.05, 0.1) is 6.54 Å². The summed E-state index contributed by atoms with van der Waals surface area (Å²) in [5.41, 5.74) is 2.16. The van der Waals surface area contributed by atoms with E-state index < -0.39 is 0 Å². The normalized spacial score (nSPS) is 17.9. The number of halogens is 2. The predicted molar refractivity (Wildman–Crippen MR) is 96.6 cm³/mol. The largest absolute Gasteiger partial charge is 0.351 e. The van der Waals surface area contributed by atoms with E-state index in [9.17, 15) is 13.6 Å². The lowest BCUT2D eigenvalue weighted by atomic mass is 10.0. The molecule has 0 radical (unpaired) electrons. The molecule has 3 rings (SSSR count). The summed E-state index contributed by atoms with van der Waals surface area (Å²) in [6.45, 7) is 4.36. The summed E-state index contributed by atoms with van der Waals surface area (Å²) in [6.07, 6.45) is 0. The molecule has 1 aliphatic heterocycles. The van der Waals surface area contributed by atoms with Gasteiger partial charge in [-0.05, 0) is 41.8 Å². The maximum atomic E-state index is 13.6. The fourth-order valence-electron chi connectivity index (χ4n) is 3.17. The molecule has 2 aromatic rings. The lowest BCUT2D eigenvalue weighted by Crippen LogP contribution is -2.49. The maximum Gasteiger partial charge on any atom is 0.234 e. The van der Waals surface area contributed by atoms with E-state index in [4.69, 9.17) is 0 Å². The van der Waals surface area contributed by atoms with Crippen molar-refractivity contribution in [2.45, 2.75) is 19.5 Å². The van der Waals surface area contributed by atoms with Crippen molar-refractivity contribution in [3.63, 3.8) is 0 Å². The number of amides is 1. The molecule has 1 saturated heterocycles. The Hall–Kier alpha value is -2.31. The fourth-order valence-corrected chi connectivity index (χ4v) is 3.17. The summed E-state index contributed by atoms with van der Waals surface area (Å²) in [7, 11) is 0. The molecule has 2 N–H and O–H groups in total. The van der Waals surface area contributed by atoms with Gasteiger partial charge in [-0.1, -0.05) is 24.3 Å². The predicted octanol–water partition coefficient (Wildman–Crippen LogP) is 2.54. The Morgan fingerprint density at radius 3 is 2.88 bits per heavy atom. The molecule has 2 aromatic carbocycles. The molecule has 4 nitrogen and oxygen atoms in total. The van der Waals surface area contributed by atoms with Crippen LogP contribution >= 0.6 is 0 Å². The Labute approximate surface area is 152 Å². The number of nitrogens with zero attached hydrogens (tertiary/aromatic N) is 1. The number of benzene rings is 2. The molecule has 138 valence electrons. The van der Waals surface area contributed by atoms with Crippen molar-refractivity contribution < 1.29 is 13.6 Å². The minimum Gasteiger partial charge on any atom is -0.351 e. The molecule has 26 heavy (non-hydrogen) atoms. The molecule has 0 spiro atoms. The Morgan fingerprint density at radius 1 is 1.27 bits per heavy atom. The van der Waals surface area contributed by atoms with E-state index in [-0.39, 0.29) is 36.7 Å². The molecule has 6 heteroatoms. The van der Waals surface area contributed by atoms with Gasteiger partial charge in [0.15, 0.2) is 0 Å². The highest BCUT2D eigenvalue weighted by Crippen LogP contribution is 2.22. The molecule has 0 saturated carbocycles. The van der Waals surface area contributed by atoms with E-state index in [2.05, 4.69) is 10.6 Å². The molecule has 1 atom stereocenters. The quantitative estimate of drug-likeness (QED) is 0.862. The summed E-state index contributed by atoms with van der Waals surface area (Å²) in [6, 6.07) is 11.4. The first-order chi connectivity index (χ1) is 12.5. The first-order valence-electron chi connectivity index (χ1n) is 8.75. The molecular formula is C20H23F2N3O. The molecule has 1 aliphatic rings. The van der Waals surface area contributed by atoms with E-state index >= 15 is 0 Å². The van der Waals surface area contributed by atoms with Crippen molar-refractivity contribution in [2.24, 2.45) is 0 Å². The van der Waals surface area contributed by atoms with E-state index in [0.717, 1.165) is 17.7 Å². The standard InChI is InChI=1S/C20H23F2N3O/c1-14-5-6-15(9-18(14)22)11-24-20(26)13-25-8-7-23-12-19(25)16-3-2-4-17(21)10-16/h2-6,9-10,19,23H,7-8,11-13H2,1H3,(H,24,26). The summed E-state index contributed by atoms with van der Waals surface area (Å²) < 4.78 is 27.1. The van der Waals surface area contributed by atoms with Gasteiger partial charge in [0.25, 0.3) is 0 Å². The first kappa shape index (κ1) is 18.5. The second kappa shape index (κ2) is 8.38. The third-order valence-electron chi connectivity index (χ3n) is 4.66. The van der Waals surface area contributed by atoms with E-state index in [1.807, 2.05) is 11.0 Å². The molecule has 1 fully saturated rings. The number of nitrogens with one attached hydrogen (secondary N) is 2. The highest BCUT2D eigenvalue weighted by atomic mass is 19.1. The van der Waals surface area contributed by atoms with Crippen LogP contribution in [0, 0.1) is 18.6 Å². The number of rotatable bonds is 5. The van der Waals surface area contributed by atoms with Crippen LogP contribution < -0.4 is 10.6 Å². The van der Waals surface area contributed by atoms with Gasteiger partial charge in [-0.15, -0.1) is 0 Å². The van der Waals surface area contributed by atoms with Crippen LogP contribution in [0.25, 0.3) is 0 Å². The van der Waals surface area contributed by atoms with Crippen molar-refractivity contribution in [1.82, 2.24) is 15.5 Å². The summed E-state index contributed by atoms with van der Waals surface area (Å²) >= 11 is 0. The minimum atomic E-state index is -0.279. The van der Waals surface area contributed by atoms with Crippen molar-refractivity contribution in [3.8, 4) is 0 Å². The number of carbonyl (C=O) groups is 1. The summed E-state index contributed by atoms with van der Waals surface area (Å²) in [4.78, 5) is 14.4. The van der Waals surface area contributed by atoms with E-state index in [1.165, 1.54) is 18.2 Å². The summed E-state index contributed by atoms with van der Waals surface area (Å²) in [5, 5.41) is 6.12. The Morgan fingerprint density at radius 2 is 2.12 bits per heavy atom. The Balaban J connectivity index is 1.60. The van der Waals surface area contributed by atoms with Crippen LogP contribution in [-0.2, 0) is 11.3 Å². The zero-order valence-electron chi connectivity index (χ0n) is 14.8. The average molecular weight is 359 g/mol. The number of aryl methyl sites for hydroxylation is 1. The van der Waals surface area contributed by atoms with Crippen LogP contribution in [0.3, 0.4) is 0 Å². The van der Waals surface area contributed by atoms with Crippen LogP contribution in [0.5, 0.6) is 0 Å². The van der Waals surface area contributed by atoms with Gasteiger partial charge in [-0.3, -0.25) is 9.69 Å². The average Bonchev–Trinajstić information content (AvgIpc) is 2.63. The smallest absolute Gasteiger partial charge is 0.234 e. The molecule has 1 amide bonds. The van der Waals surface area contributed by atoms with Gasteiger partial charge < -0.3 is 10.6 Å². The van der Waals surface area contributed by atoms with Crippen LogP contribution in [0.2, 0.25) is 0 Å². The van der Waals surface area contributed by atoms with Crippen molar-refractivity contribution in [3.05, 3.63) is 70.8 Å². The minimum absolute atomic E-state index is 0.0537. The monoisotopic (exact) mass is 359 g/mol. The fraction of sp³-hybridized carbons (Fsp3) is 0.350. The molecule has 0 bridgehead atoms. The van der Waals surface area contributed by atoms with Crippen molar-refractivity contribution in [1.29, 1.82) is 0 Å². The molecular weight excluding hydrogens is 336 g/mol. The second-order valence-electron chi connectivity index (χ2n) is 6.61. The zero-order valence-corrected chi connectivity index (χ0v) is 14.8. The van der Waals surface area contributed by atoms with E-state index in [0.29, 0.717) is 18.7 Å². The first-order valence-corrected chi connectivity index (χ1v) is 8.75. The van der Waals surface area contributed by atoms with Crippen LogP contribution in [0.4, 0.5) is 8.78 Å². The number of piperazine rings is 1. The van der Waals surface area contributed by atoms with Crippen molar-refractivity contribution >= 4 is 5.91 Å². The molecule has 0 aliphatic carbocycles. The highest BCUT2D eigenvalue weighted by molar-refractivity contribution is 5.78. The SMILES string of the molecule is Cc1ccc(CNC(=O)CN2CCNCC2c2cccc(F)c2)cc1F. The van der Waals surface area contributed by atoms with Crippen molar-refractivity contribution in [2.75, 3.05) is 26.2 Å². The van der Waals surface area contributed by atoms with Gasteiger partial charge in [0, 0.05) is 32.2 Å². The maximum absolute atomic E-state index is 13.6. The topological polar surface area (TPSA) is 44.4 Å². The van der Waals surface area contributed by atoms with Crippen LogP contribution in [0.1, 0.15) is 22.7 Å². The van der Waals surface area contributed by atoms with Gasteiger partial charge in [0.2, 0.25) is 5.91 Å². The highest BCUT2D eigenvalue weighted by Gasteiger charge is 2.25. The summed E-state index contributed by atoms with van der Waals surface area (Å²) in [5.74, 6) is -0.682. The molecule has 0 aromatic heterocycles. The van der Waals surface area contributed by atoms with Gasteiger partial charge in [0.1, 0.15) is 11.6 Å². The number of hydrogen-bond donors (Lipinski definition) is 2. The molecule has 1 unspecified atom stereocenters. The van der Waals surface area contributed by atoms with E-state index in [1.54, 1.807) is 25.1 Å². The lowest BCUT2D eigenvalue weighted by Gasteiger charge is -2.36. The van der Waals surface area contributed by atoms with Crippen LogP contribution in [-0.4, -0.2) is 37.0 Å². The van der Waals surface area contributed by atoms with Gasteiger partial charge >= 0.3 is 0 Å². The third-order valence-corrected chi connectivity index (χ3v) is 4.66. The second-order valence-corrected chi connectivity index (χ2v) is 6.61. The number of carbonyl (C=O) groups excluding carboxylic acids is 1.